The van der Waals surface area contributed by atoms with Crippen molar-refractivity contribution in [2.45, 2.75) is 40.2 Å². The molecule has 0 aliphatic carbocycles. The molecular weight excluding hydrogens is 168 g/mol. The van der Waals surface area contributed by atoms with Crippen molar-refractivity contribution >= 4 is 5.97 Å². The lowest BCUT2D eigenvalue weighted by Gasteiger charge is -2.23. The molecule has 0 aromatic heterocycles. The number of aliphatic hydroxyl groups excluding tert-OH is 1. The van der Waals surface area contributed by atoms with Crippen molar-refractivity contribution < 1.29 is 14.6 Å². The van der Waals surface area contributed by atoms with Crippen LogP contribution in [0.1, 0.15) is 34.1 Å². The molecular formula is C10H20O3. The zero-order chi connectivity index (χ0) is 10.4. The third-order valence-electron chi connectivity index (χ3n) is 2.11. The van der Waals surface area contributed by atoms with Gasteiger partial charge in [-0.25, -0.2) is 0 Å². The highest BCUT2D eigenvalue weighted by atomic mass is 16.5. The van der Waals surface area contributed by atoms with E-state index in [9.17, 15) is 9.90 Å². The van der Waals surface area contributed by atoms with E-state index in [0.717, 1.165) is 0 Å². The molecule has 0 saturated carbocycles. The normalized spacial score (nSPS) is 15.5. The number of hydrogen-bond acceptors (Lipinski definition) is 3. The molecule has 2 atom stereocenters. The molecule has 0 aliphatic rings. The number of hydrogen-bond donors (Lipinski definition) is 1. The molecule has 13 heavy (non-hydrogen) atoms. The largest absolute Gasteiger partial charge is 0.466 e. The highest BCUT2D eigenvalue weighted by Crippen LogP contribution is 2.19. The van der Waals surface area contributed by atoms with Crippen LogP contribution in [0.4, 0.5) is 0 Å². The van der Waals surface area contributed by atoms with Crippen molar-refractivity contribution in [3.8, 4) is 0 Å². The van der Waals surface area contributed by atoms with Crippen molar-refractivity contribution in [3.05, 3.63) is 0 Å². The summed E-state index contributed by atoms with van der Waals surface area (Å²) < 4.78 is 4.89. The fourth-order valence-electron chi connectivity index (χ4n) is 1.37. The minimum Gasteiger partial charge on any atom is -0.466 e. The minimum absolute atomic E-state index is 0.119. The molecule has 0 spiro atoms. The van der Waals surface area contributed by atoms with Crippen molar-refractivity contribution in [2.24, 2.45) is 11.8 Å². The third-order valence-corrected chi connectivity index (χ3v) is 2.11. The lowest BCUT2D eigenvalue weighted by atomic mass is 9.89. The van der Waals surface area contributed by atoms with Crippen LogP contribution in [0.3, 0.4) is 0 Å². The van der Waals surface area contributed by atoms with Crippen molar-refractivity contribution in [3.63, 3.8) is 0 Å². The Morgan fingerprint density at radius 3 is 2.23 bits per heavy atom. The molecule has 0 aromatic carbocycles. The molecule has 3 heteroatoms. The average molecular weight is 188 g/mol. The Balaban J connectivity index is 4.32. The molecule has 3 nitrogen and oxygen atoms in total. The Kier molecular flexibility index (Phi) is 5.71. The summed E-state index contributed by atoms with van der Waals surface area (Å²) in [6, 6.07) is 0. The quantitative estimate of drug-likeness (QED) is 0.666. The first-order valence-corrected chi connectivity index (χ1v) is 4.89. The summed E-state index contributed by atoms with van der Waals surface area (Å²) in [6.45, 7) is 7.84. The highest BCUT2D eigenvalue weighted by molar-refractivity contribution is 5.73. The van der Waals surface area contributed by atoms with E-state index in [2.05, 4.69) is 0 Å². The highest BCUT2D eigenvalue weighted by Gasteiger charge is 2.29. The van der Waals surface area contributed by atoms with Gasteiger partial charge in [-0.2, -0.15) is 0 Å². The van der Waals surface area contributed by atoms with Crippen molar-refractivity contribution in [1.82, 2.24) is 0 Å². The van der Waals surface area contributed by atoms with E-state index in [0.29, 0.717) is 13.0 Å². The Morgan fingerprint density at radius 2 is 1.92 bits per heavy atom. The van der Waals surface area contributed by atoms with Gasteiger partial charge in [0.2, 0.25) is 0 Å². The van der Waals surface area contributed by atoms with Crippen LogP contribution in [0.5, 0.6) is 0 Å². The third kappa shape index (κ3) is 3.77. The predicted octanol–water partition coefficient (Wildman–Crippen LogP) is 1.59. The van der Waals surface area contributed by atoms with Crippen LogP contribution >= 0.6 is 0 Å². The van der Waals surface area contributed by atoms with Gasteiger partial charge in [0.15, 0.2) is 0 Å². The topological polar surface area (TPSA) is 46.5 Å². The van der Waals surface area contributed by atoms with Gasteiger partial charge in [-0.3, -0.25) is 4.79 Å². The second-order valence-corrected chi connectivity index (χ2v) is 3.50. The van der Waals surface area contributed by atoms with Gasteiger partial charge in [0.25, 0.3) is 0 Å². The standard InChI is InChI=1S/C10H20O3/c1-5-8(11)9(7(3)4)10(12)13-6-2/h7-9,11H,5-6H2,1-4H3. The molecule has 0 heterocycles. The van der Waals surface area contributed by atoms with E-state index in [1.807, 2.05) is 20.8 Å². The van der Waals surface area contributed by atoms with E-state index < -0.39 is 6.10 Å². The Hall–Kier alpha value is -0.570. The first kappa shape index (κ1) is 12.4. The van der Waals surface area contributed by atoms with Crippen LogP contribution < -0.4 is 0 Å². The van der Waals surface area contributed by atoms with Gasteiger partial charge in [0.1, 0.15) is 0 Å². The molecule has 0 rings (SSSR count). The summed E-state index contributed by atoms with van der Waals surface area (Å²) in [5.74, 6) is -0.550. The molecule has 0 aromatic rings. The fraction of sp³-hybridized carbons (Fsp3) is 0.900. The summed E-state index contributed by atoms with van der Waals surface area (Å²) in [5, 5.41) is 9.58. The van der Waals surface area contributed by atoms with Gasteiger partial charge >= 0.3 is 5.97 Å². The molecule has 2 unspecified atom stereocenters. The summed E-state index contributed by atoms with van der Waals surface area (Å²) in [4.78, 5) is 11.4. The second kappa shape index (κ2) is 5.97. The van der Waals surface area contributed by atoms with E-state index >= 15 is 0 Å². The van der Waals surface area contributed by atoms with Gasteiger partial charge in [0.05, 0.1) is 18.6 Å². The summed E-state index contributed by atoms with van der Waals surface area (Å²) >= 11 is 0. The molecule has 0 saturated heterocycles. The van der Waals surface area contributed by atoms with Gasteiger partial charge in [-0.05, 0) is 19.3 Å². The first-order valence-electron chi connectivity index (χ1n) is 4.89. The van der Waals surface area contributed by atoms with Gasteiger partial charge in [0, 0.05) is 0 Å². The Morgan fingerprint density at radius 1 is 1.38 bits per heavy atom. The molecule has 0 fully saturated rings. The fourth-order valence-corrected chi connectivity index (χ4v) is 1.37. The second-order valence-electron chi connectivity index (χ2n) is 3.50. The maximum Gasteiger partial charge on any atom is 0.311 e. The first-order chi connectivity index (χ1) is 6.04. The Bertz CT molecular complexity index is 154. The van der Waals surface area contributed by atoms with Crippen LogP contribution in [0, 0.1) is 11.8 Å². The number of rotatable bonds is 5. The molecule has 1 N–H and O–H groups in total. The predicted molar refractivity (Wildman–Crippen MR) is 51.3 cm³/mol. The maximum atomic E-state index is 11.4. The number of aliphatic hydroxyl groups is 1. The van der Waals surface area contributed by atoms with E-state index in [-0.39, 0.29) is 17.8 Å². The monoisotopic (exact) mass is 188 g/mol. The summed E-state index contributed by atoms with van der Waals surface area (Å²) in [5.41, 5.74) is 0. The van der Waals surface area contributed by atoms with Gasteiger partial charge in [-0.15, -0.1) is 0 Å². The minimum atomic E-state index is -0.584. The number of carbonyl (C=O) groups is 1. The zero-order valence-corrected chi connectivity index (χ0v) is 8.91. The summed E-state index contributed by atoms with van der Waals surface area (Å²) in [6.07, 6.45) is 0.000768. The van der Waals surface area contributed by atoms with E-state index in [1.165, 1.54) is 0 Å². The van der Waals surface area contributed by atoms with E-state index in [1.54, 1.807) is 6.92 Å². The van der Waals surface area contributed by atoms with Crippen LogP contribution in [-0.2, 0) is 9.53 Å². The molecule has 0 aliphatic heterocycles. The smallest absolute Gasteiger partial charge is 0.311 e. The van der Waals surface area contributed by atoms with Gasteiger partial charge < -0.3 is 9.84 Å². The molecule has 0 amide bonds. The Labute approximate surface area is 80.1 Å². The van der Waals surface area contributed by atoms with Crippen LogP contribution in [0.25, 0.3) is 0 Å². The zero-order valence-electron chi connectivity index (χ0n) is 8.91. The molecule has 0 radical (unpaired) electrons. The number of ether oxygens (including phenoxy) is 1. The average Bonchev–Trinajstić information content (AvgIpc) is 2.04. The SMILES string of the molecule is CCOC(=O)C(C(C)C)C(O)CC. The van der Waals surface area contributed by atoms with Crippen LogP contribution in [-0.4, -0.2) is 23.8 Å². The maximum absolute atomic E-state index is 11.4. The lowest BCUT2D eigenvalue weighted by Crippen LogP contribution is -2.33. The lowest BCUT2D eigenvalue weighted by molar-refractivity contribution is -0.154. The van der Waals surface area contributed by atoms with Gasteiger partial charge in [-0.1, -0.05) is 20.8 Å². The van der Waals surface area contributed by atoms with Crippen LogP contribution in [0.2, 0.25) is 0 Å². The molecule has 0 bridgehead atoms. The van der Waals surface area contributed by atoms with Crippen molar-refractivity contribution in [1.29, 1.82) is 0 Å². The van der Waals surface area contributed by atoms with E-state index in [4.69, 9.17) is 4.74 Å². The van der Waals surface area contributed by atoms with Crippen molar-refractivity contribution in [2.75, 3.05) is 6.61 Å². The summed E-state index contributed by atoms with van der Waals surface area (Å²) in [7, 11) is 0. The number of carbonyl (C=O) groups excluding carboxylic acids is 1. The van der Waals surface area contributed by atoms with Crippen LogP contribution in [0.15, 0.2) is 0 Å². The number of esters is 1. The molecule has 78 valence electrons.